The van der Waals surface area contributed by atoms with Crippen molar-refractivity contribution in [2.24, 2.45) is 5.92 Å². The maximum atomic E-state index is 13.3. The number of fused-ring (bicyclic) bond motifs is 5. The number of H-pyrrole nitrogens is 1. The van der Waals surface area contributed by atoms with Crippen molar-refractivity contribution in [1.82, 2.24) is 30.1 Å². The van der Waals surface area contributed by atoms with E-state index in [0.717, 1.165) is 16.9 Å². The van der Waals surface area contributed by atoms with E-state index in [1.807, 2.05) is 65.9 Å². The lowest BCUT2D eigenvalue weighted by Gasteiger charge is -2.25. The molecule has 0 aliphatic carbocycles. The van der Waals surface area contributed by atoms with Gasteiger partial charge in [-0.1, -0.05) is 26.0 Å². The summed E-state index contributed by atoms with van der Waals surface area (Å²) >= 11 is 0. The standard InChI is InChI=1S/C31H36N6O5/c1-20(2)29-31(40)33-11-13-37-12-10-32-30(37)21-8-9-26(41-3)27(16-21)42-15-14-36(19-28(39)35-29)18-22-17-25(38)23-6-4-5-7-24(23)34-22/h4-10,12,16-17,20,29H,11,13-15,18-19H2,1-3H3,(H,33,40)(H,34,38)(H,35,39). The zero-order chi connectivity index (χ0) is 29.6. The van der Waals surface area contributed by atoms with Crippen LogP contribution >= 0.6 is 0 Å². The van der Waals surface area contributed by atoms with Gasteiger partial charge in [0.15, 0.2) is 16.9 Å². The van der Waals surface area contributed by atoms with Crippen molar-refractivity contribution in [2.75, 3.05) is 33.4 Å². The molecule has 0 fully saturated rings. The predicted molar refractivity (Wildman–Crippen MR) is 159 cm³/mol. The maximum Gasteiger partial charge on any atom is 0.242 e. The number of para-hydroxylation sites is 1. The molecule has 3 heterocycles. The fourth-order valence-electron chi connectivity index (χ4n) is 5.12. The van der Waals surface area contributed by atoms with Crippen molar-refractivity contribution >= 4 is 22.7 Å². The first kappa shape index (κ1) is 28.9. The lowest BCUT2D eigenvalue weighted by atomic mass is 10.0. The molecule has 42 heavy (non-hydrogen) atoms. The monoisotopic (exact) mass is 572 g/mol. The van der Waals surface area contributed by atoms with Crippen LogP contribution in [-0.2, 0) is 22.7 Å². The molecular formula is C31H36N6O5. The highest BCUT2D eigenvalue weighted by molar-refractivity contribution is 5.88. The Morgan fingerprint density at radius 1 is 1.10 bits per heavy atom. The van der Waals surface area contributed by atoms with E-state index in [2.05, 4.69) is 20.6 Å². The number of amides is 2. The van der Waals surface area contributed by atoms with Gasteiger partial charge in [0.05, 0.1) is 13.7 Å². The quantitative estimate of drug-likeness (QED) is 0.343. The Bertz CT molecular complexity index is 1630. The van der Waals surface area contributed by atoms with Gasteiger partial charge in [0, 0.05) is 66.8 Å². The van der Waals surface area contributed by atoms with Crippen LogP contribution < -0.4 is 25.5 Å². The topological polar surface area (TPSA) is 131 Å². The number of ether oxygens (including phenoxy) is 2. The Morgan fingerprint density at radius 3 is 2.74 bits per heavy atom. The number of aromatic amines is 1. The number of nitrogens with one attached hydrogen (secondary N) is 3. The van der Waals surface area contributed by atoms with Crippen molar-refractivity contribution in [2.45, 2.75) is 33.0 Å². The van der Waals surface area contributed by atoms with E-state index in [1.165, 1.54) is 0 Å². The average Bonchev–Trinajstić information content (AvgIpc) is 3.43. The molecule has 1 aliphatic rings. The summed E-state index contributed by atoms with van der Waals surface area (Å²) in [6, 6.07) is 13.8. The van der Waals surface area contributed by atoms with E-state index < -0.39 is 6.04 Å². The van der Waals surface area contributed by atoms with E-state index >= 15 is 0 Å². The van der Waals surface area contributed by atoms with Crippen LogP contribution in [0.1, 0.15) is 19.5 Å². The highest BCUT2D eigenvalue weighted by Crippen LogP contribution is 2.32. The van der Waals surface area contributed by atoms with Crippen LogP contribution in [-0.4, -0.2) is 70.6 Å². The molecule has 2 amide bonds. The normalized spacial score (nSPS) is 17.2. The van der Waals surface area contributed by atoms with E-state index in [4.69, 9.17) is 9.47 Å². The van der Waals surface area contributed by atoms with Crippen LogP contribution in [0, 0.1) is 5.92 Å². The molecule has 0 saturated heterocycles. The zero-order valence-electron chi connectivity index (χ0n) is 24.1. The molecule has 11 nitrogen and oxygen atoms in total. The maximum absolute atomic E-state index is 13.3. The van der Waals surface area contributed by atoms with Gasteiger partial charge in [0.1, 0.15) is 18.5 Å². The van der Waals surface area contributed by atoms with Gasteiger partial charge in [-0.3, -0.25) is 19.3 Å². The SMILES string of the molecule is COc1ccc2cc1OCCN(Cc1cc(=O)c3ccccc3[nH]1)CC(=O)NC(C(C)C)C(=O)NCCn1ccnc1-2. The second kappa shape index (κ2) is 12.9. The molecule has 2 aromatic carbocycles. The Balaban J connectivity index is 1.45. The third-order valence-electron chi connectivity index (χ3n) is 7.27. The Kier molecular flexibility index (Phi) is 8.87. The third kappa shape index (κ3) is 6.63. The van der Waals surface area contributed by atoms with Gasteiger partial charge in [0.25, 0.3) is 0 Å². The molecule has 4 aromatic rings. The van der Waals surface area contributed by atoms with Crippen LogP contribution in [0.4, 0.5) is 0 Å². The minimum Gasteiger partial charge on any atom is -0.493 e. The lowest BCUT2D eigenvalue weighted by Crippen LogP contribution is -2.52. The predicted octanol–water partition coefficient (Wildman–Crippen LogP) is 2.55. The molecule has 1 atom stereocenters. The summed E-state index contributed by atoms with van der Waals surface area (Å²) in [5, 5.41) is 6.47. The molecule has 5 rings (SSSR count). The summed E-state index contributed by atoms with van der Waals surface area (Å²) in [7, 11) is 1.58. The van der Waals surface area contributed by atoms with Gasteiger partial charge in [-0.05, 0) is 36.2 Å². The molecule has 3 N–H and O–H groups in total. The van der Waals surface area contributed by atoms with Crippen LogP contribution in [0.5, 0.6) is 11.5 Å². The van der Waals surface area contributed by atoms with Crippen molar-refractivity contribution < 1.29 is 19.1 Å². The molecule has 1 aliphatic heterocycles. The number of carbonyl (C=O) groups is 2. The molecule has 2 aromatic heterocycles. The fraction of sp³-hybridized carbons (Fsp3) is 0.355. The van der Waals surface area contributed by atoms with Crippen molar-refractivity contribution in [1.29, 1.82) is 0 Å². The van der Waals surface area contributed by atoms with Crippen LogP contribution in [0.2, 0.25) is 0 Å². The molecule has 11 heteroatoms. The molecule has 1 unspecified atom stereocenters. The van der Waals surface area contributed by atoms with Crippen molar-refractivity contribution in [3.05, 3.63) is 76.8 Å². The molecule has 0 spiro atoms. The van der Waals surface area contributed by atoms with Gasteiger partial charge < -0.3 is 29.7 Å². The van der Waals surface area contributed by atoms with Gasteiger partial charge in [-0.25, -0.2) is 4.98 Å². The van der Waals surface area contributed by atoms with Gasteiger partial charge in [0.2, 0.25) is 11.8 Å². The molecule has 0 saturated carbocycles. The van der Waals surface area contributed by atoms with E-state index in [-0.39, 0.29) is 36.3 Å². The minimum atomic E-state index is -0.701. The number of rotatable bonds is 4. The number of benzene rings is 2. The Labute approximate surface area is 243 Å². The molecule has 0 radical (unpaired) electrons. The Hall–Kier alpha value is -4.64. The zero-order valence-corrected chi connectivity index (χ0v) is 24.1. The number of imidazole rings is 1. The van der Waals surface area contributed by atoms with Crippen LogP contribution in [0.3, 0.4) is 0 Å². The number of methoxy groups -OCH3 is 1. The summed E-state index contributed by atoms with van der Waals surface area (Å²) < 4.78 is 13.7. The van der Waals surface area contributed by atoms with Crippen LogP contribution in [0.25, 0.3) is 22.3 Å². The number of aromatic nitrogens is 3. The van der Waals surface area contributed by atoms with Crippen molar-refractivity contribution in [3.8, 4) is 22.9 Å². The summed E-state index contributed by atoms with van der Waals surface area (Å²) in [5.74, 6) is 1.19. The smallest absolute Gasteiger partial charge is 0.242 e. The van der Waals surface area contributed by atoms with Gasteiger partial charge in [-0.15, -0.1) is 0 Å². The molecular weight excluding hydrogens is 536 g/mol. The molecule has 2 bridgehead atoms. The largest absolute Gasteiger partial charge is 0.493 e. The number of hydrogen-bond acceptors (Lipinski definition) is 7. The Morgan fingerprint density at radius 2 is 1.93 bits per heavy atom. The van der Waals surface area contributed by atoms with Crippen LogP contribution in [0.15, 0.2) is 65.7 Å². The number of nitrogens with zero attached hydrogens (tertiary/aromatic N) is 3. The van der Waals surface area contributed by atoms with E-state index in [0.29, 0.717) is 48.8 Å². The number of carbonyl (C=O) groups excluding carboxylic acids is 2. The van der Waals surface area contributed by atoms with E-state index in [9.17, 15) is 14.4 Å². The summed E-state index contributed by atoms with van der Waals surface area (Å²) in [6.07, 6.45) is 3.57. The lowest BCUT2D eigenvalue weighted by molar-refractivity contribution is -0.130. The summed E-state index contributed by atoms with van der Waals surface area (Å²) in [4.78, 5) is 48.8. The highest BCUT2D eigenvalue weighted by atomic mass is 16.5. The van der Waals surface area contributed by atoms with Gasteiger partial charge in [-0.2, -0.15) is 0 Å². The first-order valence-corrected chi connectivity index (χ1v) is 14.0. The number of hydrogen-bond donors (Lipinski definition) is 3. The molecule has 220 valence electrons. The second-order valence-corrected chi connectivity index (χ2v) is 10.7. The average molecular weight is 573 g/mol. The summed E-state index contributed by atoms with van der Waals surface area (Å²) in [6.45, 7) is 5.56. The second-order valence-electron chi connectivity index (χ2n) is 10.7. The third-order valence-corrected chi connectivity index (χ3v) is 7.27. The summed E-state index contributed by atoms with van der Waals surface area (Å²) in [5.41, 5.74) is 2.14. The minimum absolute atomic E-state index is 0.00126. The van der Waals surface area contributed by atoms with Crippen molar-refractivity contribution in [3.63, 3.8) is 0 Å². The highest BCUT2D eigenvalue weighted by Gasteiger charge is 2.25. The first-order valence-electron chi connectivity index (χ1n) is 14.0. The first-order chi connectivity index (χ1) is 20.3. The van der Waals surface area contributed by atoms with E-state index in [1.54, 1.807) is 25.4 Å². The fourth-order valence-corrected chi connectivity index (χ4v) is 5.12. The number of pyridine rings is 1. The van der Waals surface area contributed by atoms with Gasteiger partial charge >= 0.3 is 0 Å².